The van der Waals surface area contributed by atoms with Crippen LogP contribution in [0.2, 0.25) is 0 Å². The van der Waals surface area contributed by atoms with E-state index in [1.807, 2.05) is 0 Å². The van der Waals surface area contributed by atoms with Gasteiger partial charge in [-0.15, -0.1) is 0 Å². The first-order valence-electron chi connectivity index (χ1n) is 6.90. The lowest BCUT2D eigenvalue weighted by Gasteiger charge is -2.07. The third kappa shape index (κ3) is 4.37. The maximum absolute atomic E-state index is 11.8. The molecule has 0 fully saturated rings. The molecule has 8 nitrogen and oxygen atoms in total. The molecule has 0 bridgehead atoms. The van der Waals surface area contributed by atoms with Gasteiger partial charge in [-0.05, 0) is 25.5 Å². The zero-order valence-corrected chi connectivity index (χ0v) is 12.2. The van der Waals surface area contributed by atoms with Crippen LogP contribution < -0.4 is 16.4 Å². The third-order valence-electron chi connectivity index (χ3n) is 2.95. The molecule has 8 heteroatoms. The highest BCUT2D eigenvalue weighted by Crippen LogP contribution is 1.87. The Labute approximate surface area is 126 Å². The summed E-state index contributed by atoms with van der Waals surface area (Å²) in [5, 5.41) is 10.6. The molecule has 0 aliphatic carbocycles. The van der Waals surface area contributed by atoms with Crippen molar-refractivity contribution in [3.63, 3.8) is 0 Å². The number of hydrogen-bond acceptors (Lipinski definition) is 5. The van der Waals surface area contributed by atoms with E-state index in [-0.39, 0.29) is 23.6 Å². The maximum Gasteiger partial charge on any atom is 0.267 e. The van der Waals surface area contributed by atoms with Crippen molar-refractivity contribution in [2.45, 2.75) is 26.4 Å². The molecule has 0 unspecified atom stereocenters. The predicted octanol–water partition coefficient (Wildman–Crippen LogP) is -0.685. The van der Waals surface area contributed by atoms with Crippen molar-refractivity contribution in [3.8, 4) is 0 Å². The third-order valence-corrected chi connectivity index (χ3v) is 2.95. The summed E-state index contributed by atoms with van der Waals surface area (Å²) in [6.07, 6.45) is 2.11. The number of hydrogen-bond donors (Lipinski definition) is 1. The van der Waals surface area contributed by atoms with E-state index < -0.39 is 0 Å². The Kier molecular flexibility index (Phi) is 5.18. The molecule has 0 aromatic carbocycles. The molecule has 0 aliphatic heterocycles. The van der Waals surface area contributed by atoms with Crippen LogP contribution in [0, 0.1) is 6.92 Å². The van der Waals surface area contributed by atoms with Gasteiger partial charge in [0.15, 0.2) is 0 Å². The lowest BCUT2D eigenvalue weighted by Crippen LogP contribution is -2.34. The molecule has 1 amide bonds. The van der Waals surface area contributed by atoms with E-state index in [9.17, 15) is 14.4 Å². The molecule has 0 atom stereocenters. The number of amides is 1. The molecule has 0 aliphatic rings. The number of aryl methyl sites for hydroxylation is 2. The van der Waals surface area contributed by atoms with Crippen LogP contribution in [0.15, 0.2) is 40.1 Å². The average molecular weight is 303 g/mol. The van der Waals surface area contributed by atoms with Crippen LogP contribution in [-0.4, -0.2) is 32.0 Å². The van der Waals surface area contributed by atoms with Crippen LogP contribution in [-0.2, 0) is 17.9 Å². The highest BCUT2D eigenvalue weighted by Gasteiger charge is 2.05. The van der Waals surface area contributed by atoms with Crippen LogP contribution in [0.25, 0.3) is 0 Å². The second-order valence-corrected chi connectivity index (χ2v) is 4.76. The van der Waals surface area contributed by atoms with Gasteiger partial charge in [-0.1, -0.05) is 0 Å². The molecule has 2 heterocycles. The summed E-state index contributed by atoms with van der Waals surface area (Å²) < 4.78 is 2.45. The zero-order valence-electron chi connectivity index (χ0n) is 12.2. The molecule has 0 saturated carbocycles. The van der Waals surface area contributed by atoms with Crippen molar-refractivity contribution in [1.29, 1.82) is 0 Å². The molecule has 0 saturated heterocycles. The van der Waals surface area contributed by atoms with Gasteiger partial charge >= 0.3 is 0 Å². The van der Waals surface area contributed by atoms with Crippen LogP contribution in [0.1, 0.15) is 12.1 Å². The highest BCUT2D eigenvalue weighted by atomic mass is 16.2. The van der Waals surface area contributed by atoms with E-state index in [0.717, 1.165) is 4.68 Å². The van der Waals surface area contributed by atoms with Gasteiger partial charge in [0.25, 0.3) is 11.1 Å². The number of carbonyl (C=O) groups is 1. The molecule has 2 aromatic rings. The molecule has 0 radical (unpaired) electrons. The van der Waals surface area contributed by atoms with Gasteiger partial charge in [0.2, 0.25) is 5.91 Å². The number of rotatable bonds is 6. The van der Waals surface area contributed by atoms with E-state index in [1.165, 1.54) is 23.0 Å². The van der Waals surface area contributed by atoms with E-state index in [0.29, 0.717) is 25.2 Å². The topological polar surface area (TPSA) is 98.9 Å². The van der Waals surface area contributed by atoms with Crippen LogP contribution >= 0.6 is 0 Å². The second-order valence-electron chi connectivity index (χ2n) is 4.76. The Morgan fingerprint density at radius 3 is 2.73 bits per heavy atom. The Hall–Kier alpha value is -2.77. The number of carbonyl (C=O) groups excluding carboxylic acids is 1. The van der Waals surface area contributed by atoms with Gasteiger partial charge in [0, 0.05) is 31.4 Å². The van der Waals surface area contributed by atoms with Crippen LogP contribution in [0.4, 0.5) is 0 Å². The fourth-order valence-electron chi connectivity index (χ4n) is 1.87. The SMILES string of the molecule is Cc1ccc(=O)n(CC(=O)NCCCn2ncccc2=O)n1. The number of nitrogens with zero attached hydrogens (tertiary/aromatic N) is 4. The monoisotopic (exact) mass is 303 g/mol. The van der Waals surface area contributed by atoms with Crippen molar-refractivity contribution in [2.75, 3.05) is 6.54 Å². The lowest BCUT2D eigenvalue weighted by molar-refractivity contribution is -0.121. The molecule has 2 rings (SSSR count). The summed E-state index contributed by atoms with van der Waals surface area (Å²) >= 11 is 0. The van der Waals surface area contributed by atoms with Gasteiger partial charge in [-0.2, -0.15) is 10.2 Å². The minimum atomic E-state index is -0.319. The Bertz CT molecular complexity index is 765. The van der Waals surface area contributed by atoms with E-state index in [4.69, 9.17) is 0 Å². The fourth-order valence-corrected chi connectivity index (χ4v) is 1.87. The van der Waals surface area contributed by atoms with Gasteiger partial charge < -0.3 is 5.32 Å². The van der Waals surface area contributed by atoms with E-state index >= 15 is 0 Å². The quantitative estimate of drug-likeness (QED) is 0.713. The standard InChI is InChI=1S/C14H17N5O3/c1-11-5-6-14(22)19(17-11)10-12(20)15-7-3-9-18-13(21)4-2-8-16-18/h2,4-6,8H,3,7,9-10H2,1H3,(H,15,20). The normalized spacial score (nSPS) is 10.4. The maximum atomic E-state index is 11.8. The molecular weight excluding hydrogens is 286 g/mol. The highest BCUT2D eigenvalue weighted by molar-refractivity contribution is 5.75. The first-order valence-corrected chi connectivity index (χ1v) is 6.90. The van der Waals surface area contributed by atoms with Gasteiger partial charge in [-0.25, -0.2) is 9.36 Å². The predicted molar refractivity (Wildman–Crippen MR) is 79.4 cm³/mol. The Balaban J connectivity index is 1.79. The zero-order chi connectivity index (χ0) is 15.9. The minimum Gasteiger partial charge on any atom is -0.354 e. The van der Waals surface area contributed by atoms with Crippen molar-refractivity contribution in [1.82, 2.24) is 24.9 Å². The van der Waals surface area contributed by atoms with E-state index in [2.05, 4.69) is 15.5 Å². The van der Waals surface area contributed by atoms with Crippen LogP contribution in [0.5, 0.6) is 0 Å². The Morgan fingerprint density at radius 2 is 1.95 bits per heavy atom. The fraction of sp³-hybridized carbons (Fsp3) is 0.357. The first-order chi connectivity index (χ1) is 10.6. The van der Waals surface area contributed by atoms with Crippen molar-refractivity contribution in [3.05, 3.63) is 56.9 Å². The first kappa shape index (κ1) is 15.6. The molecule has 0 spiro atoms. The minimum absolute atomic E-state index is 0.121. The van der Waals surface area contributed by atoms with Crippen molar-refractivity contribution in [2.24, 2.45) is 0 Å². The molecule has 22 heavy (non-hydrogen) atoms. The van der Waals surface area contributed by atoms with Crippen LogP contribution in [0.3, 0.4) is 0 Å². The van der Waals surface area contributed by atoms with Crippen molar-refractivity contribution >= 4 is 5.91 Å². The summed E-state index contributed by atoms with van der Waals surface area (Å²) in [5.41, 5.74) is 0.173. The molecule has 116 valence electrons. The summed E-state index contributed by atoms with van der Waals surface area (Å²) in [5.74, 6) is -0.298. The number of nitrogens with one attached hydrogen (secondary N) is 1. The average Bonchev–Trinajstić information content (AvgIpc) is 2.49. The smallest absolute Gasteiger partial charge is 0.267 e. The molecule has 2 aromatic heterocycles. The lowest BCUT2D eigenvalue weighted by atomic mass is 10.4. The van der Waals surface area contributed by atoms with E-state index in [1.54, 1.807) is 19.1 Å². The summed E-state index contributed by atoms with van der Waals surface area (Å²) in [7, 11) is 0. The molecular formula is C14H17N5O3. The summed E-state index contributed by atoms with van der Waals surface area (Å²) in [6, 6.07) is 5.99. The molecule has 1 N–H and O–H groups in total. The number of aromatic nitrogens is 4. The summed E-state index contributed by atoms with van der Waals surface area (Å²) in [6.45, 7) is 2.44. The van der Waals surface area contributed by atoms with Gasteiger partial charge in [-0.3, -0.25) is 14.4 Å². The largest absolute Gasteiger partial charge is 0.354 e. The van der Waals surface area contributed by atoms with Gasteiger partial charge in [0.05, 0.1) is 5.69 Å². The van der Waals surface area contributed by atoms with Crippen molar-refractivity contribution < 1.29 is 4.79 Å². The summed E-state index contributed by atoms with van der Waals surface area (Å²) in [4.78, 5) is 34.7. The van der Waals surface area contributed by atoms with Gasteiger partial charge in [0.1, 0.15) is 6.54 Å². The second kappa shape index (κ2) is 7.30. The Morgan fingerprint density at radius 1 is 1.18 bits per heavy atom.